The SMILES string of the molecule is CCCCCCCCCCCCCCCCCC(=O)O.[CaH2].[O]=[Zn]. The van der Waals surface area contributed by atoms with Gasteiger partial charge >= 0.3 is 65.5 Å². The predicted octanol–water partition coefficient (Wildman–Crippen LogP) is 5.30. The van der Waals surface area contributed by atoms with Crippen LogP contribution in [0.25, 0.3) is 0 Å². The molecule has 0 aliphatic heterocycles. The number of carboxylic acid groups (broad SMARTS) is 1. The fraction of sp³-hybridized carbons (Fsp3) is 0.944. The molecule has 0 unspecified atom stereocenters. The van der Waals surface area contributed by atoms with Gasteiger partial charge in [0.2, 0.25) is 0 Å². The van der Waals surface area contributed by atoms with Crippen molar-refractivity contribution in [2.24, 2.45) is 0 Å². The van der Waals surface area contributed by atoms with E-state index in [0.29, 0.717) is 6.42 Å². The van der Waals surface area contributed by atoms with E-state index < -0.39 is 5.97 Å². The molecule has 5 heteroatoms. The van der Waals surface area contributed by atoms with Crippen LogP contribution in [0, 0.1) is 0 Å². The Morgan fingerprint density at radius 2 is 0.913 bits per heavy atom. The zero-order chi connectivity index (χ0) is 16.9. The summed E-state index contributed by atoms with van der Waals surface area (Å²) >= 11 is 0.125. The van der Waals surface area contributed by atoms with E-state index in [1.54, 1.807) is 0 Å². The minimum atomic E-state index is -0.653. The fourth-order valence-corrected chi connectivity index (χ4v) is 2.65. The van der Waals surface area contributed by atoms with Crippen LogP contribution in [-0.2, 0) is 26.6 Å². The number of aliphatic carboxylic acids is 1. The summed E-state index contributed by atoms with van der Waals surface area (Å²) in [6.07, 6.45) is 20.2. The van der Waals surface area contributed by atoms with E-state index in [-0.39, 0.29) is 56.0 Å². The van der Waals surface area contributed by atoms with Crippen LogP contribution in [-0.4, -0.2) is 48.8 Å². The molecule has 0 spiro atoms. The first-order valence-corrected chi connectivity index (χ1v) is 10.5. The van der Waals surface area contributed by atoms with Crippen molar-refractivity contribution in [2.45, 2.75) is 110 Å². The monoisotopic (exact) mass is 406 g/mol. The summed E-state index contributed by atoms with van der Waals surface area (Å²) in [6.45, 7) is 2.27. The molecule has 0 bridgehead atoms. The quantitative estimate of drug-likeness (QED) is 0.279. The van der Waals surface area contributed by atoms with Gasteiger partial charge in [-0.15, -0.1) is 0 Å². The van der Waals surface area contributed by atoms with Crippen molar-refractivity contribution in [1.82, 2.24) is 0 Å². The summed E-state index contributed by atoms with van der Waals surface area (Å²) in [5, 5.41) is 8.52. The molecule has 0 saturated carbocycles. The molecule has 0 aliphatic rings. The Bertz CT molecular complexity index is 228. The van der Waals surface area contributed by atoms with Crippen molar-refractivity contribution in [3.05, 3.63) is 0 Å². The van der Waals surface area contributed by atoms with Crippen LogP contribution in [0.15, 0.2) is 0 Å². The van der Waals surface area contributed by atoms with Gasteiger partial charge in [-0.25, -0.2) is 0 Å². The number of carbonyl (C=O) groups is 1. The summed E-state index contributed by atoms with van der Waals surface area (Å²) < 4.78 is 8.38. The van der Waals surface area contributed by atoms with Gasteiger partial charge in [0.25, 0.3) is 0 Å². The molecule has 0 fully saturated rings. The first kappa shape index (κ1) is 28.9. The molecule has 0 aromatic rings. The molecule has 0 radical (unpaired) electrons. The third-order valence-electron chi connectivity index (χ3n) is 3.99. The first-order chi connectivity index (χ1) is 10.8. The van der Waals surface area contributed by atoms with Gasteiger partial charge in [0.1, 0.15) is 0 Å². The van der Waals surface area contributed by atoms with Crippen molar-refractivity contribution in [3.8, 4) is 0 Å². The Morgan fingerprint density at radius 3 is 1.17 bits per heavy atom. The molecule has 0 aliphatic carbocycles. The molecular formula is C18H38CaO3Zn. The second-order valence-electron chi connectivity index (χ2n) is 6.09. The van der Waals surface area contributed by atoms with Gasteiger partial charge in [-0.3, -0.25) is 4.79 Å². The molecule has 0 heterocycles. The Balaban J connectivity index is -0.00000128. The summed E-state index contributed by atoms with van der Waals surface area (Å²) in [5.41, 5.74) is 0. The van der Waals surface area contributed by atoms with Crippen LogP contribution in [0.3, 0.4) is 0 Å². The van der Waals surface area contributed by atoms with Crippen LogP contribution in [0.4, 0.5) is 0 Å². The van der Waals surface area contributed by atoms with Crippen LogP contribution in [0.1, 0.15) is 110 Å². The van der Waals surface area contributed by atoms with Gasteiger partial charge in [0, 0.05) is 6.42 Å². The first-order valence-electron chi connectivity index (χ1n) is 9.28. The number of rotatable bonds is 16. The fourth-order valence-electron chi connectivity index (χ4n) is 2.65. The van der Waals surface area contributed by atoms with Gasteiger partial charge in [-0.1, -0.05) is 96.8 Å². The topological polar surface area (TPSA) is 54.4 Å². The number of carboxylic acids is 1. The zero-order valence-corrected chi connectivity index (χ0v) is 17.8. The molecule has 1 N–H and O–H groups in total. The molecular weight excluding hydrogens is 370 g/mol. The van der Waals surface area contributed by atoms with Crippen LogP contribution in [0.5, 0.6) is 0 Å². The number of hydrogen-bond donors (Lipinski definition) is 1. The van der Waals surface area contributed by atoms with Crippen LogP contribution < -0.4 is 0 Å². The van der Waals surface area contributed by atoms with Crippen molar-refractivity contribution in [3.63, 3.8) is 0 Å². The Hall–Kier alpha value is 1.15. The average Bonchev–Trinajstić information content (AvgIpc) is 2.53. The Kier molecular flexibility index (Phi) is 35.2. The Labute approximate surface area is 183 Å². The molecule has 0 amide bonds. The van der Waals surface area contributed by atoms with Gasteiger partial charge in [0.05, 0.1) is 0 Å². The summed E-state index contributed by atoms with van der Waals surface area (Å²) in [5.74, 6) is -0.653. The van der Waals surface area contributed by atoms with Crippen molar-refractivity contribution < 1.29 is 31.7 Å². The van der Waals surface area contributed by atoms with Crippen molar-refractivity contribution in [1.29, 1.82) is 0 Å². The van der Waals surface area contributed by atoms with E-state index in [1.807, 2.05) is 0 Å². The van der Waals surface area contributed by atoms with Crippen LogP contribution in [0.2, 0.25) is 0 Å². The molecule has 0 rings (SSSR count). The number of hydrogen-bond acceptors (Lipinski definition) is 2. The van der Waals surface area contributed by atoms with Crippen molar-refractivity contribution >= 4 is 43.7 Å². The molecule has 0 saturated heterocycles. The van der Waals surface area contributed by atoms with Gasteiger partial charge in [-0.05, 0) is 6.42 Å². The summed E-state index contributed by atoms with van der Waals surface area (Å²) in [7, 11) is 0. The molecule has 23 heavy (non-hydrogen) atoms. The average molecular weight is 408 g/mol. The van der Waals surface area contributed by atoms with E-state index in [4.69, 9.17) is 8.68 Å². The third-order valence-corrected chi connectivity index (χ3v) is 3.99. The third kappa shape index (κ3) is 31.4. The molecule has 0 atom stereocenters. The molecule has 132 valence electrons. The Morgan fingerprint density at radius 1 is 0.652 bits per heavy atom. The van der Waals surface area contributed by atoms with Crippen LogP contribution >= 0.6 is 0 Å². The second kappa shape index (κ2) is 28.0. The van der Waals surface area contributed by atoms with Crippen molar-refractivity contribution in [2.75, 3.05) is 0 Å². The summed E-state index contributed by atoms with van der Waals surface area (Å²) in [6, 6.07) is 0. The minimum absolute atomic E-state index is 0. The molecule has 3 nitrogen and oxygen atoms in total. The van der Waals surface area contributed by atoms with E-state index >= 15 is 0 Å². The van der Waals surface area contributed by atoms with E-state index in [9.17, 15) is 4.79 Å². The maximum absolute atomic E-state index is 10.3. The maximum atomic E-state index is 10.3. The standard InChI is InChI=1S/C18H36O2.Ca.O.Zn.2H/c1-2-3-4-5-6-7-8-9-10-11-12-13-14-15-16-17-18(19)20;;;;;/h2-17H2,1H3,(H,19,20);;;;;. The number of unbranched alkanes of at least 4 members (excludes halogenated alkanes) is 14. The van der Waals surface area contributed by atoms with Gasteiger partial charge in [0.15, 0.2) is 0 Å². The molecule has 0 aromatic carbocycles. The van der Waals surface area contributed by atoms with E-state index in [2.05, 4.69) is 6.92 Å². The summed E-state index contributed by atoms with van der Waals surface area (Å²) in [4.78, 5) is 10.3. The molecule has 0 aromatic heterocycles. The van der Waals surface area contributed by atoms with E-state index in [0.717, 1.165) is 12.8 Å². The second-order valence-corrected chi connectivity index (χ2v) is 6.09. The predicted molar refractivity (Wildman–Crippen MR) is 96.4 cm³/mol. The van der Waals surface area contributed by atoms with E-state index in [1.165, 1.54) is 83.5 Å². The normalized spacial score (nSPS) is 9.70. The zero-order valence-electron chi connectivity index (χ0n) is 14.8. The van der Waals surface area contributed by atoms with Gasteiger partial charge < -0.3 is 5.11 Å². The van der Waals surface area contributed by atoms with Gasteiger partial charge in [-0.2, -0.15) is 0 Å².